The summed E-state index contributed by atoms with van der Waals surface area (Å²) in [6, 6.07) is 26.5. The molecular formula is C31H25ClFN3O4S. The molecule has 0 aliphatic rings. The lowest BCUT2D eigenvalue weighted by atomic mass is 9.82. The minimum absolute atomic E-state index is 0.201. The molecule has 0 fully saturated rings. The zero-order valence-electron chi connectivity index (χ0n) is 21.8. The lowest BCUT2D eigenvalue weighted by Crippen LogP contribution is -2.46. The number of nitrogens with zero attached hydrogens (tertiary/aromatic N) is 1. The monoisotopic (exact) mass is 589 g/mol. The van der Waals surface area contributed by atoms with E-state index in [1.165, 1.54) is 4.68 Å². The largest absolute Gasteiger partial charge is 0.295 e. The Morgan fingerprint density at radius 3 is 2.07 bits per heavy atom. The second-order valence-electron chi connectivity index (χ2n) is 9.44. The summed E-state index contributed by atoms with van der Waals surface area (Å²) in [5, 5.41) is 3.50. The van der Waals surface area contributed by atoms with Gasteiger partial charge in [-0.25, -0.2) is 17.5 Å². The maximum Gasteiger partial charge on any atom is 0.275 e. The summed E-state index contributed by atoms with van der Waals surface area (Å²) in [6.45, 7) is 1.69. The number of carbonyl (C=O) groups is 1. The van der Waals surface area contributed by atoms with Gasteiger partial charge in [-0.2, -0.15) is 4.72 Å². The quantitative estimate of drug-likeness (QED) is 0.218. The van der Waals surface area contributed by atoms with Gasteiger partial charge in [0.2, 0.25) is 10.0 Å². The molecule has 208 valence electrons. The second kappa shape index (κ2) is 11.7. The van der Waals surface area contributed by atoms with Gasteiger partial charge in [0.1, 0.15) is 5.82 Å². The van der Waals surface area contributed by atoms with Crippen LogP contribution in [0.25, 0.3) is 5.69 Å². The highest BCUT2D eigenvalue weighted by Crippen LogP contribution is 2.32. The first-order chi connectivity index (χ1) is 19.7. The summed E-state index contributed by atoms with van der Waals surface area (Å²) in [6.07, 6.45) is 0. The lowest BCUT2D eigenvalue weighted by molar-refractivity contribution is 0.0945. The first kappa shape index (κ1) is 28.2. The molecule has 0 aliphatic carbocycles. The second-order valence-corrected chi connectivity index (χ2v) is 11.6. The molecule has 10 heteroatoms. The topological polar surface area (TPSA) is 101 Å². The van der Waals surface area contributed by atoms with E-state index in [4.69, 9.17) is 11.6 Å². The molecule has 2 atom stereocenters. The summed E-state index contributed by atoms with van der Waals surface area (Å²) in [7, 11) is -4.35. The van der Waals surface area contributed by atoms with E-state index >= 15 is 0 Å². The Kier molecular flexibility index (Phi) is 8.03. The molecule has 0 spiro atoms. The fourth-order valence-corrected chi connectivity index (χ4v) is 6.12. The van der Waals surface area contributed by atoms with Crippen LogP contribution in [0.1, 0.15) is 33.1 Å². The van der Waals surface area contributed by atoms with Crippen LogP contribution in [0.15, 0.2) is 119 Å². The molecule has 4 aromatic carbocycles. The zero-order valence-corrected chi connectivity index (χ0v) is 23.4. The summed E-state index contributed by atoms with van der Waals surface area (Å²) >= 11 is 6.17. The normalized spacial score (nSPS) is 13.0. The Morgan fingerprint density at radius 1 is 0.878 bits per heavy atom. The summed E-state index contributed by atoms with van der Waals surface area (Å²) in [5.74, 6) is -2.23. The maximum atomic E-state index is 14.1. The highest BCUT2D eigenvalue weighted by Gasteiger charge is 2.38. The van der Waals surface area contributed by atoms with Crippen molar-refractivity contribution in [3.05, 3.63) is 153 Å². The third-order valence-corrected chi connectivity index (χ3v) is 8.46. The van der Waals surface area contributed by atoms with Gasteiger partial charge >= 0.3 is 0 Å². The fourth-order valence-electron chi connectivity index (χ4n) is 4.78. The molecule has 0 unspecified atom stereocenters. The minimum Gasteiger partial charge on any atom is -0.295 e. The Bertz CT molecular complexity index is 1840. The van der Waals surface area contributed by atoms with Crippen LogP contribution in [0.2, 0.25) is 5.02 Å². The van der Waals surface area contributed by atoms with Crippen molar-refractivity contribution < 1.29 is 17.6 Å². The van der Waals surface area contributed by atoms with Gasteiger partial charge in [-0.15, -0.1) is 0 Å². The number of aromatic amines is 1. The van der Waals surface area contributed by atoms with Gasteiger partial charge in [0.25, 0.3) is 5.56 Å². The Balaban J connectivity index is 1.73. The number of Topliss-reactive ketones (excluding diaryl/α,β-unsaturated/α-hetero) is 1. The van der Waals surface area contributed by atoms with E-state index < -0.39 is 39.1 Å². The van der Waals surface area contributed by atoms with E-state index in [2.05, 4.69) is 9.82 Å². The molecule has 5 aromatic rings. The number of para-hydroxylation sites is 1. The maximum absolute atomic E-state index is 14.1. The number of benzene rings is 4. The molecule has 5 rings (SSSR count). The molecule has 2 N–H and O–H groups in total. The molecule has 0 bridgehead atoms. The van der Waals surface area contributed by atoms with Crippen molar-refractivity contribution in [1.82, 2.24) is 14.5 Å². The van der Waals surface area contributed by atoms with Crippen LogP contribution in [-0.4, -0.2) is 30.0 Å². The molecule has 0 amide bonds. The number of halogens is 2. The number of carbonyl (C=O) groups excluding carboxylic acids is 1. The lowest BCUT2D eigenvalue weighted by Gasteiger charge is -2.27. The number of aryl methyl sites for hydroxylation is 1. The summed E-state index contributed by atoms with van der Waals surface area (Å²) < 4.78 is 44.7. The van der Waals surface area contributed by atoms with E-state index in [1.54, 1.807) is 85.8 Å². The fraction of sp³-hybridized carbons (Fsp3) is 0.0968. The van der Waals surface area contributed by atoms with Crippen LogP contribution in [0.3, 0.4) is 0 Å². The average Bonchev–Trinajstić information content (AvgIpc) is 3.27. The number of hydrogen-bond acceptors (Lipinski definition) is 4. The predicted octanol–water partition coefficient (Wildman–Crippen LogP) is 5.63. The van der Waals surface area contributed by atoms with Crippen molar-refractivity contribution in [2.24, 2.45) is 0 Å². The van der Waals surface area contributed by atoms with E-state index in [9.17, 15) is 22.4 Å². The molecule has 0 saturated heterocycles. The number of aromatic nitrogens is 2. The van der Waals surface area contributed by atoms with Gasteiger partial charge in [0.05, 0.1) is 16.6 Å². The van der Waals surface area contributed by atoms with Crippen LogP contribution in [0.5, 0.6) is 0 Å². The number of H-pyrrole nitrogens is 1. The van der Waals surface area contributed by atoms with E-state index in [0.29, 0.717) is 22.0 Å². The first-order valence-electron chi connectivity index (χ1n) is 12.7. The SMILES string of the molecule is Cc1[nH]n(-c2ccccc2)c(=O)c1[C@@H](c1ccc(Cl)cc1)[C@@H](NS(=O)(=O)c1ccc(F)cc1)C(=O)c1ccccc1. The molecule has 41 heavy (non-hydrogen) atoms. The standard InChI is InChI=1S/C31H25ClFN3O4S/c1-20-27(31(38)36(34-20)25-10-6-3-7-11-25)28(21-12-14-23(32)15-13-21)29(30(37)22-8-4-2-5-9-22)35-41(39,40)26-18-16-24(33)17-19-26/h2-19,28-29,34-35H,1H3/t28-,29-/m1/s1. The smallest absolute Gasteiger partial charge is 0.275 e. The van der Waals surface area contributed by atoms with Crippen molar-refractivity contribution in [3.63, 3.8) is 0 Å². The Labute approximate surface area is 241 Å². The van der Waals surface area contributed by atoms with Gasteiger partial charge in [-0.05, 0) is 61.0 Å². The van der Waals surface area contributed by atoms with Crippen LogP contribution in [0.4, 0.5) is 4.39 Å². The van der Waals surface area contributed by atoms with Crippen LogP contribution < -0.4 is 10.3 Å². The van der Waals surface area contributed by atoms with Gasteiger partial charge in [0, 0.05) is 27.8 Å². The first-order valence-corrected chi connectivity index (χ1v) is 14.5. The molecule has 0 saturated carbocycles. The number of rotatable bonds is 9. The molecular weight excluding hydrogens is 565 g/mol. The highest BCUT2D eigenvalue weighted by molar-refractivity contribution is 7.89. The molecule has 0 aliphatic heterocycles. The highest BCUT2D eigenvalue weighted by atomic mass is 35.5. The number of hydrogen-bond donors (Lipinski definition) is 2. The van der Waals surface area contributed by atoms with Crippen LogP contribution in [0, 0.1) is 12.7 Å². The third kappa shape index (κ3) is 5.92. The Hall–Kier alpha value is -4.31. The van der Waals surface area contributed by atoms with Crippen molar-refractivity contribution in [1.29, 1.82) is 0 Å². The molecule has 0 radical (unpaired) electrons. The van der Waals surface area contributed by atoms with Crippen LogP contribution >= 0.6 is 11.6 Å². The number of nitrogens with one attached hydrogen (secondary N) is 2. The van der Waals surface area contributed by atoms with Crippen molar-refractivity contribution in [3.8, 4) is 5.69 Å². The zero-order chi connectivity index (χ0) is 29.1. The summed E-state index contributed by atoms with van der Waals surface area (Å²) in [5.41, 5.74) is 1.51. The molecule has 1 heterocycles. The van der Waals surface area contributed by atoms with Gasteiger partial charge in [-0.3, -0.25) is 14.7 Å². The average molecular weight is 590 g/mol. The van der Waals surface area contributed by atoms with Crippen LogP contribution in [-0.2, 0) is 10.0 Å². The van der Waals surface area contributed by atoms with Gasteiger partial charge in [0.15, 0.2) is 5.78 Å². The van der Waals surface area contributed by atoms with Gasteiger partial charge < -0.3 is 0 Å². The van der Waals surface area contributed by atoms with Gasteiger partial charge in [-0.1, -0.05) is 72.3 Å². The van der Waals surface area contributed by atoms with Crippen molar-refractivity contribution >= 4 is 27.4 Å². The number of ketones is 1. The predicted molar refractivity (Wildman–Crippen MR) is 156 cm³/mol. The molecule has 7 nitrogen and oxygen atoms in total. The van der Waals surface area contributed by atoms with Crippen molar-refractivity contribution in [2.45, 2.75) is 23.8 Å². The van der Waals surface area contributed by atoms with E-state index in [1.807, 2.05) is 6.07 Å². The van der Waals surface area contributed by atoms with E-state index in [-0.39, 0.29) is 16.0 Å². The summed E-state index contributed by atoms with van der Waals surface area (Å²) in [4.78, 5) is 27.9. The Morgan fingerprint density at radius 2 is 1.46 bits per heavy atom. The van der Waals surface area contributed by atoms with Crippen molar-refractivity contribution in [2.75, 3.05) is 0 Å². The minimum atomic E-state index is -4.35. The number of sulfonamides is 1. The molecule has 1 aromatic heterocycles. The van der Waals surface area contributed by atoms with E-state index in [0.717, 1.165) is 24.3 Å². The third-order valence-electron chi connectivity index (χ3n) is 6.75.